The molecule has 2 aromatic rings. The van der Waals surface area contributed by atoms with E-state index in [2.05, 4.69) is 10.1 Å². The van der Waals surface area contributed by atoms with Crippen molar-refractivity contribution in [3.8, 4) is 0 Å². The van der Waals surface area contributed by atoms with Crippen molar-refractivity contribution in [3.05, 3.63) is 58.1 Å². The smallest absolute Gasteiger partial charge is 0.337 e. The summed E-state index contributed by atoms with van der Waals surface area (Å²) in [6.45, 7) is 0.0631. The molecule has 7 nitrogen and oxygen atoms in total. The minimum atomic E-state index is -3.61. The third-order valence-electron chi connectivity index (χ3n) is 3.93. The molecule has 0 saturated carbocycles. The molecule has 0 bridgehead atoms. The molecular formula is C19H20Cl2N2O5S. The average Bonchev–Trinajstić information content (AvgIpc) is 2.66. The van der Waals surface area contributed by atoms with Crippen molar-refractivity contribution < 1.29 is 22.7 Å². The first-order valence-corrected chi connectivity index (χ1v) is 11.1. The fourth-order valence-electron chi connectivity index (χ4n) is 2.56. The number of esters is 1. The summed E-state index contributed by atoms with van der Waals surface area (Å²) in [6.07, 6.45) is 1.41. The van der Waals surface area contributed by atoms with E-state index >= 15 is 0 Å². The molecule has 0 atom stereocenters. The van der Waals surface area contributed by atoms with Crippen LogP contribution >= 0.6 is 23.2 Å². The molecule has 29 heavy (non-hydrogen) atoms. The first-order chi connectivity index (χ1) is 13.6. The van der Waals surface area contributed by atoms with E-state index in [1.165, 1.54) is 31.4 Å². The second kappa shape index (κ2) is 9.96. The van der Waals surface area contributed by atoms with E-state index in [0.717, 1.165) is 10.6 Å². The largest absolute Gasteiger partial charge is 0.465 e. The number of rotatable bonds is 8. The number of sulfonamides is 1. The number of nitrogens with one attached hydrogen (secondary N) is 1. The number of methoxy groups -OCH3 is 1. The summed E-state index contributed by atoms with van der Waals surface area (Å²) in [6, 6.07) is 10.8. The van der Waals surface area contributed by atoms with E-state index < -0.39 is 16.0 Å². The van der Waals surface area contributed by atoms with Crippen molar-refractivity contribution in [2.45, 2.75) is 12.8 Å². The van der Waals surface area contributed by atoms with Gasteiger partial charge in [-0.15, -0.1) is 0 Å². The molecule has 0 aromatic heterocycles. The zero-order chi connectivity index (χ0) is 21.6. The lowest BCUT2D eigenvalue weighted by atomic mass is 10.2. The number of carbonyl (C=O) groups excluding carboxylic acids is 2. The Hall–Kier alpha value is -2.29. The van der Waals surface area contributed by atoms with Gasteiger partial charge in [0.15, 0.2) is 0 Å². The maximum absolute atomic E-state index is 12.2. The van der Waals surface area contributed by atoms with Crippen LogP contribution in [0.1, 0.15) is 23.2 Å². The van der Waals surface area contributed by atoms with E-state index in [-0.39, 0.29) is 36.0 Å². The number of hydrogen-bond donors (Lipinski definition) is 1. The highest BCUT2D eigenvalue weighted by Gasteiger charge is 2.20. The molecule has 0 saturated heterocycles. The maximum atomic E-state index is 12.2. The molecule has 0 aliphatic carbocycles. The molecule has 2 aromatic carbocycles. The van der Waals surface area contributed by atoms with Gasteiger partial charge in [0.25, 0.3) is 0 Å². The second-order valence-electron chi connectivity index (χ2n) is 6.15. The molecule has 0 heterocycles. The van der Waals surface area contributed by atoms with Crippen LogP contribution in [0.25, 0.3) is 0 Å². The van der Waals surface area contributed by atoms with Crippen molar-refractivity contribution in [1.82, 2.24) is 0 Å². The third-order valence-corrected chi connectivity index (χ3v) is 5.67. The molecular weight excluding hydrogens is 439 g/mol. The van der Waals surface area contributed by atoms with E-state index in [1.54, 1.807) is 18.2 Å². The summed E-state index contributed by atoms with van der Waals surface area (Å²) < 4.78 is 30.1. The Morgan fingerprint density at radius 2 is 1.76 bits per heavy atom. The van der Waals surface area contributed by atoms with Crippen LogP contribution in [-0.2, 0) is 19.6 Å². The van der Waals surface area contributed by atoms with Crippen molar-refractivity contribution in [3.63, 3.8) is 0 Å². The highest BCUT2D eigenvalue weighted by atomic mass is 35.5. The lowest BCUT2D eigenvalue weighted by Crippen LogP contribution is -2.31. The van der Waals surface area contributed by atoms with Crippen LogP contribution in [0.2, 0.25) is 10.0 Å². The highest BCUT2D eigenvalue weighted by molar-refractivity contribution is 7.92. The molecule has 1 N–H and O–H groups in total. The van der Waals surface area contributed by atoms with Crippen LogP contribution < -0.4 is 9.62 Å². The predicted molar refractivity (Wildman–Crippen MR) is 114 cm³/mol. The van der Waals surface area contributed by atoms with Gasteiger partial charge in [-0.25, -0.2) is 13.2 Å². The lowest BCUT2D eigenvalue weighted by Gasteiger charge is -2.23. The van der Waals surface area contributed by atoms with Crippen molar-refractivity contribution in [2.24, 2.45) is 0 Å². The molecule has 10 heteroatoms. The monoisotopic (exact) mass is 458 g/mol. The Kier molecular flexibility index (Phi) is 7.89. The van der Waals surface area contributed by atoms with Crippen LogP contribution in [0.4, 0.5) is 11.4 Å². The Bertz CT molecular complexity index is 994. The predicted octanol–water partition coefficient (Wildman–Crippen LogP) is 3.96. The molecule has 0 unspecified atom stereocenters. The number of benzene rings is 2. The number of nitrogens with zero attached hydrogens (tertiary/aromatic N) is 1. The normalized spacial score (nSPS) is 11.0. The number of ether oxygens (including phenoxy) is 1. The first-order valence-electron chi connectivity index (χ1n) is 8.53. The molecule has 2 rings (SSSR count). The number of amides is 1. The molecule has 156 valence electrons. The average molecular weight is 459 g/mol. The summed E-state index contributed by atoms with van der Waals surface area (Å²) in [7, 11) is -2.33. The van der Waals surface area contributed by atoms with Crippen molar-refractivity contribution in [1.29, 1.82) is 0 Å². The van der Waals surface area contributed by atoms with Crippen LogP contribution in [0.15, 0.2) is 42.5 Å². The summed E-state index contributed by atoms with van der Waals surface area (Å²) in [5.74, 6) is -0.759. The van der Waals surface area contributed by atoms with Gasteiger partial charge in [0.2, 0.25) is 15.9 Å². The molecule has 0 fully saturated rings. The molecule has 0 aliphatic rings. The van der Waals surface area contributed by atoms with Crippen LogP contribution in [0, 0.1) is 0 Å². The fourth-order valence-corrected chi connectivity index (χ4v) is 3.96. The SMILES string of the molecule is COC(=O)c1ccc(NC(=O)CCCN(c2cc(Cl)ccc2Cl)S(C)(=O)=O)cc1. The van der Waals surface area contributed by atoms with E-state index in [0.29, 0.717) is 16.3 Å². The van der Waals surface area contributed by atoms with Gasteiger partial charge in [0.05, 0.1) is 29.6 Å². The fraction of sp³-hybridized carbons (Fsp3) is 0.263. The van der Waals surface area contributed by atoms with E-state index in [9.17, 15) is 18.0 Å². The Balaban J connectivity index is 1.98. The van der Waals surface area contributed by atoms with E-state index in [4.69, 9.17) is 23.2 Å². The van der Waals surface area contributed by atoms with Gasteiger partial charge in [-0.05, 0) is 48.9 Å². The number of carbonyl (C=O) groups is 2. The zero-order valence-electron chi connectivity index (χ0n) is 15.8. The summed E-state index contributed by atoms with van der Waals surface area (Å²) >= 11 is 12.1. The Labute approximate surface area is 179 Å². The maximum Gasteiger partial charge on any atom is 0.337 e. The van der Waals surface area contributed by atoms with Gasteiger partial charge in [0, 0.05) is 23.7 Å². The minimum absolute atomic E-state index is 0.0631. The standard InChI is InChI=1S/C19H20Cl2N2O5S/c1-28-19(25)13-5-8-15(9-6-13)22-18(24)4-3-11-23(29(2,26)27)17-12-14(20)7-10-16(17)21/h5-10,12H,3-4,11H2,1-2H3,(H,22,24). The quantitative estimate of drug-likeness (QED) is 0.604. The number of anilines is 2. The van der Waals surface area contributed by atoms with Crippen LogP contribution in [-0.4, -0.2) is 40.2 Å². The first kappa shape index (κ1) is 23.0. The van der Waals surface area contributed by atoms with Crippen LogP contribution in [0.5, 0.6) is 0 Å². The van der Waals surface area contributed by atoms with Gasteiger partial charge in [-0.3, -0.25) is 9.10 Å². The topological polar surface area (TPSA) is 92.8 Å². The van der Waals surface area contributed by atoms with Crippen LogP contribution in [0.3, 0.4) is 0 Å². The summed E-state index contributed by atoms with van der Waals surface area (Å²) in [5.41, 5.74) is 1.15. The lowest BCUT2D eigenvalue weighted by molar-refractivity contribution is -0.116. The van der Waals surface area contributed by atoms with Gasteiger partial charge in [0.1, 0.15) is 0 Å². The number of hydrogen-bond acceptors (Lipinski definition) is 5. The van der Waals surface area contributed by atoms with Gasteiger partial charge >= 0.3 is 5.97 Å². The van der Waals surface area contributed by atoms with Gasteiger partial charge in [-0.1, -0.05) is 23.2 Å². The summed E-state index contributed by atoms with van der Waals surface area (Å²) in [5, 5.41) is 3.29. The zero-order valence-corrected chi connectivity index (χ0v) is 18.1. The second-order valence-corrected chi connectivity index (χ2v) is 8.90. The van der Waals surface area contributed by atoms with Gasteiger partial charge < -0.3 is 10.1 Å². The Morgan fingerprint density at radius 1 is 1.10 bits per heavy atom. The van der Waals surface area contributed by atoms with Crippen molar-refractivity contribution in [2.75, 3.05) is 29.5 Å². The van der Waals surface area contributed by atoms with E-state index in [1.807, 2.05) is 0 Å². The molecule has 0 aliphatic heterocycles. The van der Waals surface area contributed by atoms with Gasteiger partial charge in [-0.2, -0.15) is 0 Å². The minimum Gasteiger partial charge on any atom is -0.465 e. The number of halogens is 2. The van der Waals surface area contributed by atoms with Crippen molar-refractivity contribution >= 4 is 56.5 Å². The Morgan fingerprint density at radius 3 is 2.34 bits per heavy atom. The highest BCUT2D eigenvalue weighted by Crippen LogP contribution is 2.30. The third kappa shape index (κ3) is 6.62. The molecule has 0 radical (unpaired) electrons. The molecule has 1 amide bonds. The molecule has 0 spiro atoms. The summed E-state index contributed by atoms with van der Waals surface area (Å²) in [4.78, 5) is 23.6.